The highest BCUT2D eigenvalue weighted by molar-refractivity contribution is 5.81. The average Bonchev–Trinajstić information content (AvgIpc) is 3.24. The minimum absolute atomic E-state index is 0.00252. The molecule has 6 N–H and O–H groups in total. The summed E-state index contributed by atoms with van der Waals surface area (Å²) < 4.78 is 12.0. The van der Waals surface area contributed by atoms with Crippen LogP contribution in [0, 0.1) is 0 Å². The number of hydrogen-bond donors (Lipinski definition) is 4. The summed E-state index contributed by atoms with van der Waals surface area (Å²) >= 11 is 0. The molecule has 12 nitrogen and oxygen atoms in total. The summed E-state index contributed by atoms with van der Waals surface area (Å²) in [5.41, 5.74) is 10.6. The number of rotatable bonds is 7. The zero-order valence-electron chi connectivity index (χ0n) is 13.9. The predicted molar refractivity (Wildman–Crippen MR) is 89.6 cm³/mol. The molecule has 0 amide bonds. The molecule has 3 aromatic heterocycles. The number of nitrogen functional groups attached to an aromatic ring is 1. The first-order chi connectivity index (χ1) is 12.4. The molecule has 0 saturated heterocycles. The molecule has 3 heterocycles. The minimum atomic E-state index is -1.33. The van der Waals surface area contributed by atoms with Gasteiger partial charge in [-0.1, -0.05) is 0 Å². The number of H-pyrrole nitrogens is 2. The first-order valence-electron chi connectivity index (χ1n) is 7.63. The zero-order chi connectivity index (χ0) is 18.7. The summed E-state index contributed by atoms with van der Waals surface area (Å²) in [5, 5.41) is 0. The second-order valence-electron chi connectivity index (χ2n) is 5.68. The van der Waals surface area contributed by atoms with E-state index in [0.717, 1.165) is 0 Å². The number of nitrogens with zero attached hydrogens (tertiary/aromatic N) is 4. The van der Waals surface area contributed by atoms with Crippen LogP contribution < -0.4 is 17.0 Å². The predicted octanol–water partition coefficient (Wildman–Crippen LogP) is -1.18. The van der Waals surface area contributed by atoms with Gasteiger partial charge in [0, 0.05) is 0 Å². The lowest BCUT2D eigenvalue weighted by Gasteiger charge is -2.20. The van der Waals surface area contributed by atoms with Crippen LogP contribution in [-0.4, -0.2) is 48.7 Å². The first kappa shape index (κ1) is 17.6. The first-order valence-corrected chi connectivity index (χ1v) is 7.63. The van der Waals surface area contributed by atoms with E-state index >= 15 is 0 Å². The van der Waals surface area contributed by atoms with Crippen LogP contribution >= 0.6 is 0 Å². The second kappa shape index (κ2) is 6.93. The Bertz CT molecular complexity index is 959. The zero-order valence-corrected chi connectivity index (χ0v) is 13.9. The van der Waals surface area contributed by atoms with Crippen LogP contribution in [-0.2, 0) is 26.5 Å². The van der Waals surface area contributed by atoms with E-state index in [1.807, 2.05) is 0 Å². The SMILES string of the molecule is C[C@@](N)(C(=O)OCCOCn1cnc2c(=O)[nH]c(N)nc21)c1cnc[nH]1. The van der Waals surface area contributed by atoms with Crippen LogP contribution in [0.2, 0.25) is 0 Å². The fraction of sp³-hybridized carbons (Fsp3) is 0.357. The summed E-state index contributed by atoms with van der Waals surface area (Å²) in [6.45, 7) is 1.70. The third-order valence-electron chi connectivity index (χ3n) is 3.67. The summed E-state index contributed by atoms with van der Waals surface area (Å²) in [4.78, 5) is 40.7. The Balaban J connectivity index is 1.51. The van der Waals surface area contributed by atoms with Crippen molar-refractivity contribution in [1.29, 1.82) is 0 Å². The van der Waals surface area contributed by atoms with Gasteiger partial charge in [-0.15, -0.1) is 0 Å². The van der Waals surface area contributed by atoms with E-state index in [1.54, 1.807) is 0 Å². The molecule has 3 aromatic rings. The standard InChI is InChI=1S/C14H18N8O4/c1-14(16,8-4-17-5-18-8)12(24)26-3-2-25-7-22-6-19-9-10(22)20-13(15)21-11(9)23/h4-6H,2-3,7,16H2,1H3,(H,17,18)(H3,15,20,21,23)/t14-/m0/s1. The molecule has 0 aliphatic carbocycles. The van der Waals surface area contributed by atoms with Gasteiger partial charge in [0.1, 0.15) is 13.3 Å². The highest BCUT2D eigenvalue weighted by atomic mass is 16.6. The topological polar surface area (TPSA) is 180 Å². The van der Waals surface area contributed by atoms with Crippen LogP contribution in [0.4, 0.5) is 5.95 Å². The molecule has 0 fully saturated rings. The van der Waals surface area contributed by atoms with E-state index < -0.39 is 17.1 Å². The van der Waals surface area contributed by atoms with Gasteiger partial charge in [-0.05, 0) is 6.92 Å². The van der Waals surface area contributed by atoms with Gasteiger partial charge in [0.15, 0.2) is 16.7 Å². The molecule has 12 heteroatoms. The largest absolute Gasteiger partial charge is 0.462 e. The number of imidazole rings is 2. The van der Waals surface area contributed by atoms with Crippen LogP contribution in [0.15, 0.2) is 23.6 Å². The Kier molecular flexibility index (Phi) is 4.69. The summed E-state index contributed by atoms with van der Waals surface area (Å²) in [6, 6.07) is 0. The van der Waals surface area contributed by atoms with Crippen molar-refractivity contribution >= 4 is 23.1 Å². The van der Waals surface area contributed by atoms with Crippen LogP contribution in [0.5, 0.6) is 0 Å². The summed E-state index contributed by atoms with van der Waals surface area (Å²) in [6.07, 6.45) is 4.30. The highest BCUT2D eigenvalue weighted by Gasteiger charge is 2.33. The molecule has 0 unspecified atom stereocenters. The van der Waals surface area contributed by atoms with E-state index in [2.05, 4.69) is 24.9 Å². The number of aromatic nitrogens is 6. The second-order valence-corrected chi connectivity index (χ2v) is 5.68. The molecular formula is C14H18N8O4. The van der Waals surface area contributed by atoms with Crippen molar-refractivity contribution in [2.75, 3.05) is 18.9 Å². The van der Waals surface area contributed by atoms with E-state index in [1.165, 1.54) is 30.3 Å². The maximum absolute atomic E-state index is 12.1. The van der Waals surface area contributed by atoms with Gasteiger partial charge in [-0.3, -0.25) is 14.3 Å². The number of ether oxygens (including phenoxy) is 2. The third-order valence-corrected chi connectivity index (χ3v) is 3.67. The lowest BCUT2D eigenvalue weighted by Crippen LogP contribution is -2.43. The van der Waals surface area contributed by atoms with Crippen molar-refractivity contribution in [3.8, 4) is 0 Å². The third kappa shape index (κ3) is 3.41. The van der Waals surface area contributed by atoms with Crippen molar-refractivity contribution in [3.05, 3.63) is 34.9 Å². The van der Waals surface area contributed by atoms with E-state index in [0.29, 0.717) is 11.3 Å². The lowest BCUT2D eigenvalue weighted by molar-refractivity contribution is -0.152. The number of aromatic amines is 2. The summed E-state index contributed by atoms with van der Waals surface area (Å²) in [5.74, 6) is -0.626. The molecule has 3 rings (SSSR count). The van der Waals surface area contributed by atoms with Gasteiger partial charge in [0.05, 0.1) is 31.2 Å². The molecule has 138 valence electrons. The average molecular weight is 362 g/mol. The molecule has 0 bridgehead atoms. The molecular weight excluding hydrogens is 344 g/mol. The quantitative estimate of drug-likeness (QED) is 0.297. The Morgan fingerprint density at radius 3 is 2.96 bits per heavy atom. The lowest BCUT2D eigenvalue weighted by atomic mass is 10.0. The summed E-state index contributed by atoms with van der Waals surface area (Å²) in [7, 11) is 0. The van der Waals surface area contributed by atoms with Gasteiger partial charge in [-0.25, -0.2) is 14.8 Å². The van der Waals surface area contributed by atoms with Crippen molar-refractivity contribution in [1.82, 2.24) is 29.5 Å². The van der Waals surface area contributed by atoms with Crippen molar-refractivity contribution in [2.45, 2.75) is 19.2 Å². The van der Waals surface area contributed by atoms with Crippen LogP contribution in [0.3, 0.4) is 0 Å². The Morgan fingerprint density at radius 2 is 2.23 bits per heavy atom. The molecule has 0 radical (unpaired) electrons. The number of nitrogens with one attached hydrogen (secondary N) is 2. The number of carbonyl (C=O) groups is 1. The Morgan fingerprint density at radius 1 is 1.42 bits per heavy atom. The Hall–Kier alpha value is -3.25. The maximum Gasteiger partial charge on any atom is 0.332 e. The fourth-order valence-electron chi connectivity index (χ4n) is 2.22. The van der Waals surface area contributed by atoms with Gasteiger partial charge in [0.25, 0.3) is 5.56 Å². The number of carbonyl (C=O) groups excluding carboxylic acids is 1. The van der Waals surface area contributed by atoms with E-state index in [4.69, 9.17) is 20.9 Å². The highest BCUT2D eigenvalue weighted by Crippen LogP contribution is 2.16. The number of nitrogens with two attached hydrogens (primary N) is 2. The minimum Gasteiger partial charge on any atom is -0.462 e. The molecule has 0 aliphatic heterocycles. The molecule has 1 atom stereocenters. The molecule has 0 aromatic carbocycles. The van der Waals surface area contributed by atoms with Gasteiger partial charge < -0.3 is 25.9 Å². The van der Waals surface area contributed by atoms with Crippen molar-refractivity contribution < 1.29 is 14.3 Å². The van der Waals surface area contributed by atoms with Crippen LogP contribution in [0.1, 0.15) is 12.6 Å². The molecule has 0 aliphatic rings. The maximum atomic E-state index is 12.1. The number of anilines is 1. The number of fused-ring (bicyclic) bond motifs is 1. The van der Waals surface area contributed by atoms with Crippen LogP contribution in [0.25, 0.3) is 11.2 Å². The van der Waals surface area contributed by atoms with Crippen molar-refractivity contribution in [3.63, 3.8) is 0 Å². The smallest absolute Gasteiger partial charge is 0.332 e. The molecule has 26 heavy (non-hydrogen) atoms. The van der Waals surface area contributed by atoms with E-state index in [9.17, 15) is 9.59 Å². The van der Waals surface area contributed by atoms with Gasteiger partial charge in [-0.2, -0.15) is 4.98 Å². The molecule has 0 saturated carbocycles. The van der Waals surface area contributed by atoms with E-state index in [-0.39, 0.29) is 31.4 Å². The van der Waals surface area contributed by atoms with Gasteiger partial charge in [0.2, 0.25) is 5.95 Å². The van der Waals surface area contributed by atoms with Gasteiger partial charge >= 0.3 is 5.97 Å². The monoisotopic (exact) mass is 362 g/mol. The van der Waals surface area contributed by atoms with Crippen molar-refractivity contribution in [2.24, 2.45) is 5.73 Å². The fourth-order valence-corrected chi connectivity index (χ4v) is 2.22. The normalized spacial score (nSPS) is 13.6. The number of esters is 1. The Labute approximate surface area is 146 Å². The molecule has 0 spiro atoms. The number of hydrogen-bond acceptors (Lipinski definition) is 9.